The van der Waals surface area contributed by atoms with Crippen LogP contribution in [0.5, 0.6) is 0 Å². The van der Waals surface area contributed by atoms with Gasteiger partial charge in [-0.05, 0) is 18.6 Å². The molecule has 1 rings (SSSR count). The Labute approximate surface area is 241 Å². The summed E-state index contributed by atoms with van der Waals surface area (Å²) in [4.78, 5) is 0.238. The minimum Gasteiger partial charge on any atom is -0.750 e. The van der Waals surface area contributed by atoms with Crippen LogP contribution in [-0.4, -0.2) is 41.7 Å². The van der Waals surface area contributed by atoms with Gasteiger partial charge in [0.2, 0.25) is 0 Å². The summed E-state index contributed by atoms with van der Waals surface area (Å²) in [6.07, 6.45) is 12.3. The molecule has 9 nitrogen and oxygen atoms in total. The Kier molecular flexibility index (Phi) is 36.0. The smallest absolute Gasteiger partial charge is 0.750 e. The van der Waals surface area contributed by atoms with Crippen LogP contribution in [0.3, 0.4) is 0 Å². The third-order valence-corrected chi connectivity index (χ3v) is 5.09. The number of benzene rings is 1. The van der Waals surface area contributed by atoms with Crippen molar-refractivity contribution in [2.45, 2.75) is 76.0 Å². The van der Waals surface area contributed by atoms with E-state index >= 15 is 0 Å². The fraction of sp³-hybridized carbons (Fsp3) is 0.667. The molecular formula is C18H32Na2O9S3. The van der Waals surface area contributed by atoms with Gasteiger partial charge in [-0.25, -0.2) is 8.42 Å². The molecule has 0 spiro atoms. The topological polar surface area (TPSA) is 164 Å². The van der Waals surface area contributed by atoms with Crippen molar-refractivity contribution in [3.8, 4) is 0 Å². The first-order valence-corrected chi connectivity index (χ1v) is 13.1. The molecule has 0 amide bonds. The number of hydrogen-bond acceptors (Lipinski definition) is 7. The molecule has 2 unspecified atom stereocenters. The molecule has 14 heteroatoms. The quantitative estimate of drug-likeness (QED) is 0.126. The van der Waals surface area contributed by atoms with Crippen molar-refractivity contribution in [3.05, 3.63) is 30.3 Å². The van der Waals surface area contributed by atoms with Crippen LogP contribution in [0.4, 0.5) is 0 Å². The molecule has 0 radical (unpaired) electrons. The van der Waals surface area contributed by atoms with Crippen LogP contribution in [0.1, 0.15) is 71.1 Å². The summed E-state index contributed by atoms with van der Waals surface area (Å²) in [5.41, 5.74) is 0. The molecule has 1 aromatic carbocycles. The van der Waals surface area contributed by atoms with Crippen molar-refractivity contribution in [3.63, 3.8) is 0 Å². The molecule has 32 heavy (non-hydrogen) atoms. The predicted octanol–water partition coefficient (Wildman–Crippen LogP) is -2.00. The normalized spacial score (nSPS) is 11.9. The largest absolute Gasteiger partial charge is 1.00 e. The van der Waals surface area contributed by atoms with Gasteiger partial charge >= 0.3 is 59.1 Å². The molecule has 0 saturated carbocycles. The molecule has 0 heterocycles. The molecule has 1 aromatic rings. The Morgan fingerprint density at radius 3 is 1.50 bits per heavy atom. The van der Waals surface area contributed by atoms with E-state index in [1.165, 1.54) is 51.4 Å². The van der Waals surface area contributed by atoms with Gasteiger partial charge in [-0.1, -0.05) is 82.9 Å². The van der Waals surface area contributed by atoms with E-state index in [0.29, 0.717) is 0 Å². The molecule has 0 bridgehead atoms. The molecule has 178 valence electrons. The molecule has 0 fully saturated rings. The second-order valence-corrected chi connectivity index (χ2v) is 8.69. The first-order valence-electron chi connectivity index (χ1n) is 9.64. The maximum atomic E-state index is 11.9. The first kappa shape index (κ1) is 40.4. The maximum absolute atomic E-state index is 11.9. The minimum atomic E-state index is -3.57. The SMILES string of the molecule is CCCCCCCCCCCCOS(=O)(=O)c1ccccc1.O=S([O-])O.O=S([O-])O.[Na+].[Na+]. The van der Waals surface area contributed by atoms with Crippen molar-refractivity contribution >= 4 is 32.8 Å². The van der Waals surface area contributed by atoms with Crippen molar-refractivity contribution < 1.29 is 98.3 Å². The molecule has 0 saturated heterocycles. The summed E-state index contributed by atoms with van der Waals surface area (Å²) in [5, 5.41) is 0. The molecule has 2 atom stereocenters. The van der Waals surface area contributed by atoms with Crippen molar-refractivity contribution in [1.82, 2.24) is 0 Å². The molecule has 0 aliphatic carbocycles. The van der Waals surface area contributed by atoms with Crippen molar-refractivity contribution in [1.29, 1.82) is 0 Å². The average molecular weight is 535 g/mol. The van der Waals surface area contributed by atoms with E-state index in [1.807, 2.05) is 0 Å². The van der Waals surface area contributed by atoms with E-state index in [-0.39, 0.29) is 70.6 Å². The van der Waals surface area contributed by atoms with Crippen LogP contribution in [0.25, 0.3) is 0 Å². The van der Waals surface area contributed by atoms with Crippen LogP contribution in [-0.2, 0) is 37.0 Å². The van der Waals surface area contributed by atoms with E-state index < -0.39 is 32.8 Å². The maximum Gasteiger partial charge on any atom is 1.00 e. The molecule has 0 aliphatic heterocycles. The van der Waals surface area contributed by atoms with Gasteiger partial charge in [0, 0.05) is 0 Å². The Bertz CT molecular complexity index is 643. The summed E-state index contributed by atoms with van der Waals surface area (Å²) in [7, 11) is -3.57. The summed E-state index contributed by atoms with van der Waals surface area (Å²) in [5.74, 6) is 0. The van der Waals surface area contributed by atoms with Crippen molar-refractivity contribution in [2.24, 2.45) is 0 Å². The summed E-state index contributed by atoms with van der Waals surface area (Å²) in [6.45, 7) is 2.52. The first-order chi connectivity index (χ1) is 14.1. The Balaban J connectivity index is -0.000000338. The number of hydrogen-bond donors (Lipinski definition) is 2. The Morgan fingerprint density at radius 1 is 0.781 bits per heavy atom. The molecule has 2 N–H and O–H groups in total. The second-order valence-electron chi connectivity index (χ2n) is 6.21. The third-order valence-electron chi connectivity index (χ3n) is 3.77. The van der Waals surface area contributed by atoms with Gasteiger partial charge < -0.3 is 18.2 Å². The van der Waals surface area contributed by atoms with E-state index in [9.17, 15) is 8.42 Å². The van der Waals surface area contributed by atoms with Gasteiger partial charge in [0.15, 0.2) is 0 Å². The van der Waals surface area contributed by atoms with Gasteiger partial charge in [0.05, 0.1) is 34.2 Å². The number of unbranched alkanes of at least 4 members (excludes halogenated alkanes) is 9. The van der Waals surface area contributed by atoms with Gasteiger partial charge in [-0.3, -0.25) is 4.18 Å². The molecular weight excluding hydrogens is 502 g/mol. The van der Waals surface area contributed by atoms with Gasteiger partial charge in [-0.2, -0.15) is 8.42 Å². The Morgan fingerprint density at radius 2 is 1.12 bits per heavy atom. The zero-order valence-corrected chi connectivity index (χ0v) is 25.6. The van der Waals surface area contributed by atoms with Crippen LogP contribution in [0, 0.1) is 0 Å². The third kappa shape index (κ3) is 33.4. The monoisotopic (exact) mass is 534 g/mol. The Hall–Kier alpha value is 1.27. The zero-order chi connectivity index (χ0) is 23.3. The predicted molar refractivity (Wildman–Crippen MR) is 115 cm³/mol. The van der Waals surface area contributed by atoms with E-state index in [1.54, 1.807) is 30.3 Å². The summed E-state index contributed by atoms with van der Waals surface area (Å²) in [6, 6.07) is 8.33. The fourth-order valence-electron chi connectivity index (χ4n) is 2.41. The molecule has 0 aromatic heterocycles. The minimum absolute atomic E-state index is 0. The molecule has 0 aliphatic rings. The van der Waals surface area contributed by atoms with Crippen LogP contribution < -0.4 is 59.1 Å². The van der Waals surface area contributed by atoms with Crippen LogP contribution in [0.2, 0.25) is 0 Å². The van der Waals surface area contributed by atoms with Gasteiger partial charge in [-0.15, -0.1) is 0 Å². The van der Waals surface area contributed by atoms with E-state index in [2.05, 4.69) is 6.92 Å². The second kappa shape index (κ2) is 28.5. The van der Waals surface area contributed by atoms with Gasteiger partial charge in [0.25, 0.3) is 10.1 Å². The van der Waals surface area contributed by atoms with Gasteiger partial charge in [0.1, 0.15) is 0 Å². The summed E-state index contributed by atoms with van der Waals surface area (Å²) >= 11 is -5.72. The number of rotatable bonds is 13. The zero-order valence-electron chi connectivity index (χ0n) is 19.1. The summed E-state index contributed by atoms with van der Waals surface area (Å²) < 4.78 is 77.0. The van der Waals surface area contributed by atoms with E-state index in [4.69, 9.17) is 30.8 Å². The standard InChI is InChI=1S/C18H30O3S.2Na.2H2O3S/c1-2-3-4-5-6-7-8-9-10-14-17-21-22(19,20)18-15-12-11-13-16-18;;;2*1-4(2)3/h11-13,15-16H,2-10,14,17H2,1H3;;;2*(H2,1,2,3)/q;2*+1;;/p-2. The van der Waals surface area contributed by atoms with E-state index in [0.717, 1.165) is 12.8 Å². The van der Waals surface area contributed by atoms with Crippen molar-refractivity contribution in [2.75, 3.05) is 6.61 Å². The average Bonchev–Trinajstić information content (AvgIpc) is 2.66. The fourth-order valence-corrected chi connectivity index (χ4v) is 3.38. The van der Waals surface area contributed by atoms with Crippen LogP contribution in [0.15, 0.2) is 35.2 Å². The van der Waals surface area contributed by atoms with Crippen LogP contribution >= 0.6 is 0 Å².